The predicted octanol–water partition coefficient (Wildman–Crippen LogP) is 3.78. The first-order valence-corrected chi connectivity index (χ1v) is 11.5. The third-order valence-corrected chi connectivity index (χ3v) is 5.25. The van der Waals surface area contributed by atoms with Gasteiger partial charge >= 0.3 is 0 Å². The molecule has 196 valence electrons. The Morgan fingerprint density at radius 1 is 1.17 bits per heavy atom. The quantitative estimate of drug-likeness (QED) is 0.259. The fourth-order valence-electron chi connectivity index (χ4n) is 3.33. The number of ether oxygens (including phenoxy) is 5. The van der Waals surface area contributed by atoms with Crippen molar-refractivity contribution >= 4 is 12.2 Å². The monoisotopic (exact) mass is 507 g/mol. The molecule has 0 saturated carbocycles. The lowest BCUT2D eigenvalue weighted by Crippen LogP contribution is -2.23. The van der Waals surface area contributed by atoms with Gasteiger partial charge in [0.1, 0.15) is 6.61 Å². The number of anilines is 1. The normalized spacial score (nSPS) is 15.8. The number of methoxy groups -OCH3 is 2. The van der Waals surface area contributed by atoms with Crippen molar-refractivity contribution in [3.8, 4) is 17.2 Å². The number of allylic oxidation sites excluding steroid dienone is 1. The van der Waals surface area contributed by atoms with Crippen molar-refractivity contribution in [1.29, 1.82) is 5.41 Å². The lowest BCUT2D eigenvalue weighted by atomic mass is 10.1. The number of hydrogen-bond acceptors (Lipinski definition) is 10. The number of nitrogens with zero attached hydrogens (tertiary/aromatic N) is 2. The topological polar surface area (TPSA) is 120 Å². The molecule has 0 bridgehead atoms. The van der Waals surface area contributed by atoms with E-state index in [1.165, 1.54) is 26.6 Å². The third-order valence-electron chi connectivity index (χ3n) is 5.25. The minimum atomic E-state index is -0.878. The maximum absolute atomic E-state index is 14.5. The first-order valence-electron chi connectivity index (χ1n) is 11.5. The summed E-state index contributed by atoms with van der Waals surface area (Å²) >= 11 is 0. The predicted molar refractivity (Wildman–Crippen MR) is 128 cm³/mol. The molecule has 1 aliphatic heterocycles. The van der Waals surface area contributed by atoms with Gasteiger partial charge in [-0.3, -0.25) is 0 Å². The van der Waals surface area contributed by atoms with Crippen LogP contribution in [0.5, 0.6) is 17.2 Å². The molecule has 1 saturated heterocycles. The Morgan fingerprint density at radius 3 is 2.50 bits per heavy atom. The molecule has 12 heteroatoms. The van der Waals surface area contributed by atoms with E-state index < -0.39 is 18.2 Å². The molecule has 1 aromatic carbocycles. The fourth-order valence-corrected chi connectivity index (χ4v) is 3.33. The molecule has 36 heavy (non-hydrogen) atoms. The zero-order valence-electron chi connectivity index (χ0n) is 20.3. The van der Waals surface area contributed by atoms with Crippen LogP contribution in [-0.4, -0.2) is 56.5 Å². The summed E-state index contributed by atoms with van der Waals surface area (Å²) in [7, 11) is 2.54. The first-order chi connectivity index (χ1) is 17.5. The van der Waals surface area contributed by atoms with Crippen molar-refractivity contribution in [1.82, 2.24) is 15.3 Å². The van der Waals surface area contributed by atoms with Crippen LogP contribution in [0.4, 0.5) is 14.7 Å². The van der Waals surface area contributed by atoms with Gasteiger partial charge in [0.15, 0.2) is 35.2 Å². The van der Waals surface area contributed by atoms with Gasteiger partial charge in [0.2, 0.25) is 5.95 Å². The van der Waals surface area contributed by atoms with Crippen LogP contribution in [0.2, 0.25) is 0 Å². The van der Waals surface area contributed by atoms with Gasteiger partial charge in [0.05, 0.1) is 44.5 Å². The molecule has 0 spiro atoms. The van der Waals surface area contributed by atoms with Crippen LogP contribution in [0.15, 0.2) is 30.4 Å². The van der Waals surface area contributed by atoms with Gasteiger partial charge in [0.25, 0.3) is 0 Å². The highest BCUT2D eigenvalue weighted by Gasteiger charge is 2.20. The van der Waals surface area contributed by atoms with Crippen LogP contribution in [0.1, 0.15) is 31.2 Å². The second kappa shape index (κ2) is 14.1. The molecule has 1 unspecified atom stereocenters. The zero-order chi connectivity index (χ0) is 25.8. The van der Waals surface area contributed by atoms with Gasteiger partial charge in [0, 0.05) is 31.6 Å². The highest BCUT2D eigenvalue weighted by molar-refractivity contribution is 5.79. The maximum atomic E-state index is 14.5. The van der Waals surface area contributed by atoms with Gasteiger partial charge in [-0.25, -0.2) is 18.7 Å². The first kappa shape index (κ1) is 27.1. The fraction of sp³-hybridized carbons (Fsp3) is 0.458. The number of nitrogens with one attached hydrogen (secondary N) is 3. The largest absolute Gasteiger partial charge is 0.494 e. The maximum Gasteiger partial charge on any atom is 0.227 e. The molecular formula is C24H31F2N5O5. The van der Waals surface area contributed by atoms with E-state index in [0.29, 0.717) is 18.8 Å². The summed E-state index contributed by atoms with van der Waals surface area (Å²) in [5.74, 6) is -1.66. The molecule has 2 heterocycles. The number of aromatic nitrogens is 2. The number of benzene rings is 1. The smallest absolute Gasteiger partial charge is 0.227 e. The molecule has 1 aromatic heterocycles. The van der Waals surface area contributed by atoms with Gasteiger partial charge in [-0.05, 0) is 25.7 Å². The standard InChI is InChI=1S/C24H31F2N5O5/c1-32-19-10-20(33-2)23(26)18(22(19)25)15-36-17-13-29-24(30-14-17)31-16(11-27)12-28-7-5-9-35-21-6-3-4-8-34-21/h10-14,21,27-28H,3-9,15H2,1-2H3,(H,29,30,31)/b16-12+,27-11?. The van der Waals surface area contributed by atoms with Crippen LogP contribution >= 0.6 is 0 Å². The van der Waals surface area contributed by atoms with Crippen LogP contribution in [-0.2, 0) is 16.1 Å². The zero-order valence-corrected chi connectivity index (χ0v) is 20.3. The van der Waals surface area contributed by atoms with E-state index in [0.717, 1.165) is 44.6 Å². The summed E-state index contributed by atoms with van der Waals surface area (Å²) in [4.78, 5) is 8.22. The third kappa shape index (κ3) is 7.75. The summed E-state index contributed by atoms with van der Waals surface area (Å²) in [6, 6.07) is 1.13. The minimum Gasteiger partial charge on any atom is -0.494 e. The van der Waals surface area contributed by atoms with Crippen LogP contribution in [0.3, 0.4) is 0 Å². The summed E-state index contributed by atoms with van der Waals surface area (Å²) in [5.41, 5.74) is 0.0954. The van der Waals surface area contributed by atoms with E-state index in [-0.39, 0.29) is 35.1 Å². The Bertz CT molecular complexity index is 989. The molecule has 0 aliphatic carbocycles. The second-order valence-corrected chi connectivity index (χ2v) is 7.76. The molecule has 1 fully saturated rings. The average molecular weight is 508 g/mol. The SMILES string of the molecule is COc1cc(OC)c(F)c(COc2cnc(N/C(C=N)=C/NCCCOC3CCCCO3)nc2)c1F. The van der Waals surface area contributed by atoms with Gasteiger partial charge in [-0.2, -0.15) is 0 Å². The van der Waals surface area contributed by atoms with Crippen LogP contribution in [0, 0.1) is 17.0 Å². The van der Waals surface area contributed by atoms with E-state index in [2.05, 4.69) is 20.6 Å². The average Bonchev–Trinajstić information content (AvgIpc) is 2.91. The molecule has 1 atom stereocenters. The summed E-state index contributed by atoms with van der Waals surface area (Å²) in [6.07, 6.45) is 9.29. The minimum absolute atomic E-state index is 0.103. The molecule has 3 N–H and O–H groups in total. The van der Waals surface area contributed by atoms with E-state index in [1.54, 1.807) is 6.20 Å². The lowest BCUT2D eigenvalue weighted by molar-refractivity contribution is -0.162. The summed E-state index contributed by atoms with van der Waals surface area (Å²) in [6.45, 7) is 1.57. The lowest BCUT2D eigenvalue weighted by Gasteiger charge is -2.22. The molecular weight excluding hydrogens is 476 g/mol. The highest BCUT2D eigenvalue weighted by Crippen LogP contribution is 2.32. The highest BCUT2D eigenvalue weighted by atomic mass is 19.1. The van der Waals surface area contributed by atoms with E-state index in [9.17, 15) is 8.78 Å². The number of rotatable bonds is 14. The van der Waals surface area contributed by atoms with Crippen molar-refractivity contribution in [2.45, 2.75) is 38.6 Å². The molecule has 2 aromatic rings. The van der Waals surface area contributed by atoms with Crippen LogP contribution in [0.25, 0.3) is 0 Å². The number of halogens is 2. The molecule has 0 radical (unpaired) electrons. The van der Waals surface area contributed by atoms with Crippen molar-refractivity contribution in [3.63, 3.8) is 0 Å². The van der Waals surface area contributed by atoms with Gasteiger partial charge in [-0.15, -0.1) is 0 Å². The van der Waals surface area contributed by atoms with Gasteiger partial charge in [-0.1, -0.05) is 0 Å². The number of hydrogen-bond donors (Lipinski definition) is 3. The van der Waals surface area contributed by atoms with E-state index >= 15 is 0 Å². The van der Waals surface area contributed by atoms with Crippen LogP contribution < -0.4 is 24.8 Å². The van der Waals surface area contributed by atoms with Crippen molar-refractivity contribution in [2.24, 2.45) is 0 Å². The van der Waals surface area contributed by atoms with Crippen molar-refractivity contribution in [2.75, 3.05) is 39.3 Å². The summed E-state index contributed by atoms with van der Waals surface area (Å²) in [5, 5.41) is 13.6. The Balaban J connectivity index is 1.46. The van der Waals surface area contributed by atoms with Crippen molar-refractivity contribution < 1.29 is 32.5 Å². The molecule has 1 aliphatic rings. The Labute approximate surface area is 208 Å². The van der Waals surface area contributed by atoms with Gasteiger partial charge < -0.3 is 39.7 Å². The Kier molecular flexibility index (Phi) is 10.6. The van der Waals surface area contributed by atoms with E-state index in [4.69, 9.17) is 29.1 Å². The molecule has 0 amide bonds. The van der Waals surface area contributed by atoms with Crippen molar-refractivity contribution in [3.05, 3.63) is 47.6 Å². The summed E-state index contributed by atoms with van der Waals surface area (Å²) < 4.78 is 55.4. The second-order valence-electron chi connectivity index (χ2n) is 7.76. The Morgan fingerprint density at radius 2 is 1.89 bits per heavy atom. The van der Waals surface area contributed by atoms with E-state index in [1.807, 2.05) is 0 Å². The molecule has 3 rings (SSSR count). The molecule has 10 nitrogen and oxygen atoms in total. The Hall–Kier alpha value is -3.51.